The van der Waals surface area contributed by atoms with E-state index in [0.29, 0.717) is 30.6 Å². The second kappa shape index (κ2) is 61.5. The SMILES string of the molecule is CSCC[C@H](NC(=O)[C@@H]1CCCN1C(=O)CNC(=O)[C@H](CCCCN)NC(=O)[C@H](Cc1c[nH]cn1)NC(=O)[C@H](CO)NC(=O)[C@H](CC(C)C)NC(=O)[C@H](CCCNC(=N)N)NC(=O)[C@@H]1CCCN1C(=O)[C@H](CCCNC(=N)N)NC(=O)[C@H](CCC(N)=O)NC(=O)[C@H](CCCNC(=N)N)NC(=O)[C@H](CCCNC(=N)N)NC(=O)[C@@H](N)Cc1ccccc1)C(=O)N1CCC[C@H]1C(=O)N[C@@H](Cc1ccccc1)C(=O)O. The molecule has 37 N–H and O–H groups in total. The molecule has 0 bridgehead atoms. The molecule has 1 aromatic heterocycles. The third-order valence-electron chi connectivity index (χ3n) is 23.8. The Kier molecular flexibility index (Phi) is 50.5. The maximum Gasteiger partial charge on any atom is 0.326 e. The van der Waals surface area contributed by atoms with Crippen molar-refractivity contribution in [1.82, 2.24) is 110 Å². The molecule has 2 aromatic carbocycles. The summed E-state index contributed by atoms with van der Waals surface area (Å²) < 4.78 is 0. The van der Waals surface area contributed by atoms with Gasteiger partial charge in [0.2, 0.25) is 94.5 Å². The zero-order valence-corrected chi connectivity index (χ0v) is 81.3. The number of unbranched alkanes of at least 4 members (excludes halogenated alkanes) is 1. The molecule has 6 rings (SSSR count). The van der Waals surface area contributed by atoms with Crippen molar-refractivity contribution in [3.05, 3.63) is 90.0 Å². The predicted octanol–water partition coefficient (Wildman–Crippen LogP) is -7.49. The van der Waals surface area contributed by atoms with Gasteiger partial charge in [0.05, 0.1) is 31.2 Å². The lowest BCUT2D eigenvalue weighted by molar-refractivity contribution is -0.145. The molecule has 15 atom stereocenters. The Balaban J connectivity index is 1.16. The van der Waals surface area contributed by atoms with Gasteiger partial charge in [0.25, 0.3) is 0 Å². The monoisotopic (exact) mass is 2010 g/mol. The topological polar surface area (TPSA) is 839 Å². The molecule has 3 aliphatic rings. The van der Waals surface area contributed by atoms with E-state index in [-0.39, 0.29) is 186 Å². The minimum absolute atomic E-state index is 0.00992. The Hall–Kier alpha value is -14.1. The normalized spacial score (nSPS) is 16.8. The highest BCUT2D eigenvalue weighted by Gasteiger charge is 2.45. The number of aliphatic hydroxyl groups excluding tert-OH is 1. The maximum atomic E-state index is 15.2. The standard InChI is InChI=1S/C90H144N32O19S/c1-51(2)43-63(78(132)119-66(49-123)80(134)117-64(46-54-47-102-50-108-54)79(133)110-56(23-10-11-34-91)73(127)107-48-71(125)120-39-16-28-67(120)81(135)115-62(33-42-142-3)85(139)122-41-18-30-69(122)83(137)118-65(86(140)141)45-53-21-8-5-9-22-53)116-76(130)59(26-14-37-105-89(98)99)113-82(136)68-29-17-40-121(68)84(138)61(27-15-38-106-90(100)101)114-77(131)60(31-32-70(93)124)112-75(129)58(25-13-36-104-88(96)97)111-74(128)57(24-12-35-103-87(94)95)109-72(126)55(92)44-52-19-6-4-7-20-52/h4-9,19-22,47,50-51,55-69,123H,10-18,23-46,48-49,91-92H2,1-3H3,(H2,93,124)(H,102,108)(H,107,127)(H,109,126)(H,110,133)(H,111,128)(H,112,129)(H,113,136)(H,114,131)(H,115,135)(H,116,130)(H,117,134)(H,118,137)(H,119,132)(H,140,141)(H4,94,95,103)(H4,96,97,104)(H4,98,99,105)(H4,100,101,106)/t55-,56-,57-,58-,59-,60-,61-,62-,63-,64-,65-,66-,67-,68-,69-/m0/s1. The molecule has 4 heterocycles. The summed E-state index contributed by atoms with van der Waals surface area (Å²) in [6.07, 6.45) is 4.79. The summed E-state index contributed by atoms with van der Waals surface area (Å²) in [7, 11) is 0. The van der Waals surface area contributed by atoms with Crippen LogP contribution < -0.4 is 125 Å². The van der Waals surface area contributed by atoms with Crippen LogP contribution in [0.15, 0.2) is 73.2 Å². The number of hydrogen-bond donors (Lipinski definition) is 30. The Morgan fingerprint density at radius 2 is 0.810 bits per heavy atom. The number of H-pyrrole nitrogens is 1. The lowest BCUT2D eigenvalue weighted by Gasteiger charge is -2.31. The Morgan fingerprint density at radius 1 is 0.437 bits per heavy atom. The number of imidazole rings is 1. The first-order chi connectivity index (χ1) is 67.7. The number of carbonyl (C=O) groups is 17. The van der Waals surface area contributed by atoms with Crippen LogP contribution in [0.1, 0.15) is 166 Å². The van der Waals surface area contributed by atoms with Gasteiger partial charge in [-0.05, 0) is 170 Å². The summed E-state index contributed by atoms with van der Waals surface area (Å²) in [5.41, 5.74) is 41.6. The van der Waals surface area contributed by atoms with Crippen LogP contribution in [0, 0.1) is 27.6 Å². The number of aliphatic carboxylic acids is 1. The number of nitrogens with one attached hydrogen (secondary N) is 21. The van der Waals surface area contributed by atoms with Gasteiger partial charge >= 0.3 is 5.97 Å². The third kappa shape index (κ3) is 40.6. The fourth-order valence-corrected chi connectivity index (χ4v) is 16.9. The van der Waals surface area contributed by atoms with Gasteiger partial charge in [-0.1, -0.05) is 74.5 Å². The highest BCUT2D eigenvalue weighted by Crippen LogP contribution is 2.25. The number of rotatable bonds is 63. The van der Waals surface area contributed by atoms with Gasteiger partial charge in [0.15, 0.2) is 23.8 Å². The second-order valence-corrected chi connectivity index (χ2v) is 36.4. The van der Waals surface area contributed by atoms with Crippen molar-refractivity contribution < 1.29 is 91.7 Å². The van der Waals surface area contributed by atoms with Crippen molar-refractivity contribution in [2.24, 2.45) is 46.1 Å². The fourth-order valence-electron chi connectivity index (χ4n) is 16.4. The van der Waals surface area contributed by atoms with Crippen LogP contribution in [0.3, 0.4) is 0 Å². The van der Waals surface area contributed by atoms with Crippen molar-refractivity contribution in [2.45, 2.75) is 259 Å². The Bertz CT molecular complexity index is 4740. The average molecular weight is 2010 g/mol. The lowest BCUT2D eigenvalue weighted by atomic mass is 10.0. The number of aromatic nitrogens is 2. The maximum absolute atomic E-state index is 15.2. The molecule has 3 fully saturated rings. The molecule has 51 nitrogen and oxygen atoms in total. The van der Waals surface area contributed by atoms with Gasteiger partial charge in [0, 0.05) is 71.3 Å². The number of benzene rings is 2. The Morgan fingerprint density at radius 3 is 1.25 bits per heavy atom. The summed E-state index contributed by atoms with van der Waals surface area (Å²) in [6.45, 7) is 2.01. The van der Waals surface area contributed by atoms with Crippen LogP contribution in [-0.4, -0.2) is 327 Å². The number of carbonyl (C=O) groups excluding carboxylic acids is 16. The summed E-state index contributed by atoms with van der Waals surface area (Å²) in [5.74, 6) is -16.8. The van der Waals surface area contributed by atoms with Crippen molar-refractivity contribution in [2.75, 3.05) is 77.5 Å². The van der Waals surface area contributed by atoms with Gasteiger partial charge in [-0.25, -0.2) is 9.78 Å². The van der Waals surface area contributed by atoms with Crippen LogP contribution in [-0.2, 0) is 101 Å². The second-order valence-electron chi connectivity index (χ2n) is 35.4. The smallest absolute Gasteiger partial charge is 0.326 e. The first-order valence-corrected chi connectivity index (χ1v) is 49.1. The fraction of sp³-hybridized carbons (Fsp3) is 0.600. The van der Waals surface area contributed by atoms with E-state index < -0.39 is 241 Å². The lowest BCUT2D eigenvalue weighted by Crippen LogP contribution is -2.61. The summed E-state index contributed by atoms with van der Waals surface area (Å²) in [4.78, 5) is 253. The van der Waals surface area contributed by atoms with Gasteiger partial charge in [-0.15, -0.1) is 0 Å². The minimum Gasteiger partial charge on any atom is -0.480 e. The van der Waals surface area contributed by atoms with Crippen LogP contribution in [0.5, 0.6) is 0 Å². The number of amides is 16. The van der Waals surface area contributed by atoms with E-state index >= 15 is 4.79 Å². The molecule has 0 saturated carbocycles. The summed E-state index contributed by atoms with van der Waals surface area (Å²) in [5, 5.41) is 93.7. The molecule has 0 spiro atoms. The number of aromatic amines is 1. The largest absolute Gasteiger partial charge is 0.480 e. The van der Waals surface area contributed by atoms with E-state index in [4.69, 9.17) is 61.8 Å². The number of primary amides is 1. The quantitative estimate of drug-likeness (QED) is 0.0142. The minimum atomic E-state index is -1.86. The number of hydrogen-bond acceptors (Lipinski definition) is 26. The first-order valence-electron chi connectivity index (χ1n) is 47.7. The van der Waals surface area contributed by atoms with Crippen LogP contribution in [0.25, 0.3) is 0 Å². The van der Waals surface area contributed by atoms with Crippen molar-refractivity contribution in [3.63, 3.8) is 0 Å². The van der Waals surface area contributed by atoms with E-state index in [2.05, 4.69) is 95.0 Å². The predicted molar refractivity (Wildman–Crippen MR) is 524 cm³/mol. The summed E-state index contributed by atoms with van der Waals surface area (Å²) >= 11 is 1.40. The molecule has 0 aliphatic carbocycles. The molecule has 52 heteroatoms. The van der Waals surface area contributed by atoms with Crippen molar-refractivity contribution in [3.8, 4) is 0 Å². The molecule has 784 valence electrons. The van der Waals surface area contributed by atoms with Crippen LogP contribution in [0.4, 0.5) is 0 Å². The van der Waals surface area contributed by atoms with E-state index in [0.717, 1.165) is 10.5 Å². The molecule has 0 radical (unpaired) electrons. The van der Waals surface area contributed by atoms with Crippen molar-refractivity contribution in [1.29, 1.82) is 21.6 Å². The number of likely N-dealkylation sites (tertiary alicyclic amines) is 3. The molecule has 0 unspecified atom stereocenters. The number of guanidine groups is 4. The van der Waals surface area contributed by atoms with E-state index in [1.54, 1.807) is 80.8 Å². The number of carboxylic acids is 1. The Labute approximate surface area is 827 Å². The van der Waals surface area contributed by atoms with Crippen LogP contribution in [0.2, 0.25) is 0 Å². The van der Waals surface area contributed by atoms with Crippen molar-refractivity contribution >= 4 is 136 Å². The molecule has 16 amide bonds. The molecule has 142 heavy (non-hydrogen) atoms. The first kappa shape index (κ1) is 117. The van der Waals surface area contributed by atoms with E-state index in [1.165, 1.54) is 34.1 Å². The number of nitrogens with zero attached hydrogens (tertiary/aromatic N) is 4. The van der Waals surface area contributed by atoms with Gasteiger partial charge in [-0.3, -0.25) is 98.3 Å². The average Bonchev–Trinajstić information content (AvgIpc) is 1.66. The van der Waals surface area contributed by atoms with E-state index in [1.807, 2.05) is 0 Å². The molecule has 3 aromatic rings. The molecular weight excluding hydrogens is 1870 g/mol. The van der Waals surface area contributed by atoms with Crippen LogP contribution >= 0.6 is 11.8 Å². The number of carboxylic acid groups (broad SMARTS) is 1. The summed E-state index contributed by atoms with van der Waals surface area (Å²) in [6, 6.07) is -3.62. The number of thioether (sulfide) groups is 1. The highest BCUT2D eigenvalue weighted by molar-refractivity contribution is 7.98. The molecular formula is C90H144N32O19S. The van der Waals surface area contributed by atoms with E-state index in [9.17, 15) is 86.9 Å². The third-order valence-corrected chi connectivity index (χ3v) is 24.5. The van der Waals surface area contributed by atoms with Gasteiger partial charge in [0.1, 0.15) is 84.6 Å². The zero-order chi connectivity index (χ0) is 104. The highest BCUT2D eigenvalue weighted by atomic mass is 32.2. The van der Waals surface area contributed by atoms with Gasteiger partial charge < -0.3 is 155 Å². The zero-order valence-electron chi connectivity index (χ0n) is 80.5. The number of nitrogens with two attached hydrogens (primary N) is 7. The van der Waals surface area contributed by atoms with Gasteiger partial charge in [-0.2, -0.15) is 11.8 Å². The number of aliphatic hydroxyl groups is 1. The molecule has 3 saturated heterocycles. The molecule has 3 aliphatic heterocycles.